The van der Waals surface area contributed by atoms with Gasteiger partial charge in [-0.15, -0.1) is 12.4 Å². The highest BCUT2D eigenvalue weighted by atomic mass is 35.5. The van der Waals surface area contributed by atoms with E-state index in [0.717, 1.165) is 0 Å². The van der Waals surface area contributed by atoms with Gasteiger partial charge in [-0.25, -0.2) is 0 Å². The fraction of sp³-hybridized carbons (Fsp3) is 0.500. The molecule has 1 rings (SSSR count). The van der Waals surface area contributed by atoms with Crippen molar-refractivity contribution in [3.8, 4) is 0 Å². The van der Waals surface area contributed by atoms with Crippen LogP contribution in [0.25, 0.3) is 0 Å². The largest absolute Gasteiger partial charge is 0.354 e. The van der Waals surface area contributed by atoms with Crippen LogP contribution in [-0.4, -0.2) is 31.4 Å². The topological polar surface area (TPSA) is 84.2 Å². The van der Waals surface area contributed by atoms with E-state index in [0.29, 0.717) is 43.1 Å². The minimum Gasteiger partial charge on any atom is -0.354 e. The molecule has 130 valence electrons. The molecule has 0 aliphatic heterocycles. The first-order valence-corrected chi connectivity index (χ1v) is 7.89. The molecule has 7 heteroatoms. The van der Waals surface area contributed by atoms with Gasteiger partial charge in [0.1, 0.15) is 0 Å². The van der Waals surface area contributed by atoms with Gasteiger partial charge in [-0.05, 0) is 37.1 Å². The van der Waals surface area contributed by atoms with E-state index in [1.807, 2.05) is 13.8 Å². The number of hydrogen-bond acceptors (Lipinski definition) is 3. The van der Waals surface area contributed by atoms with Crippen molar-refractivity contribution in [2.75, 3.05) is 19.6 Å². The van der Waals surface area contributed by atoms with E-state index in [9.17, 15) is 9.59 Å². The van der Waals surface area contributed by atoms with Crippen molar-refractivity contribution < 1.29 is 9.59 Å². The standard InChI is InChI=1S/C16H24ClN3O2.ClH/c1-3-16(4-2,11-18)15(22)20-10-9-19-14(21)12-5-7-13(17)8-6-12;/h5-8H,3-4,9-11,18H2,1-2H3,(H,19,21)(H,20,22);1H. The fourth-order valence-corrected chi connectivity index (χ4v) is 2.32. The summed E-state index contributed by atoms with van der Waals surface area (Å²) in [5.41, 5.74) is 5.75. The van der Waals surface area contributed by atoms with Crippen molar-refractivity contribution in [2.24, 2.45) is 11.1 Å². The van der Waals surface area contributed by atoms with Gasteiger partial charge in [0.05, 0.1) is 5.41 Å². The normalized spacial score (nSPS) is 10.6. The summed E-state index contributed by atoms with van der Waals surface area (Å²) in [6.07, 6.45) is 1.39. The van der Waals surface area contributed by atoms with Gasteiger partial charge in [-0.1, -0.05) is 25.4 Å². The number of carbonyl (C=O) groups excluding carboxylic acids is 2. The zero-order valence-electron chi connectivity index (χ0n) is 13.5. The lowest BCUT2D eigenvalue weighted by Crippen LogP contribution is -2.47. The number of halogens is 2. The van der Waals surface area contributed by atoms with Crippen LogP contribution in [0.4, 0.5) is 0 Å². The Balaban J connectivity index is 0.00000484. The van der Waals surface area contributed by atoms with Crippen molar-refractivity contribution in [1.29, 1.82) is 0 Å². The minimum absolute atomic E-state index is 0. The summed E-state index contributed by atoms with van der Waals surface area (Å²) in [7, 11) is 0. The SMILES string of the molecule is CCC(CC)(CN)C(=O)NCCNC(=O)c1ccc(Cl)cc1.Cl. The molecule has 4 N–H and O–H groups in total. The van der Waals surface area contributed by atoms with Crippen molar-refractivity contribution in [1.82, 2.24) is 10.6 Å². The fourth-order valence-electron chi connectivity index (χ4n) is 2.20. The third-order valence-corrected chi connectivity index (χ3v) is 4.28. The second kappa shape index (κ2) is 10.5. The highest BCUT2D eigenvalue weighted by Crippen LogP contribution is 2.24. The molecule has 0 unspecified atom stereocenters. The molecule has 0 aliphatic carbocycles. The number of nitrogens with one attached hydrogen (secondary N) is 2. The molecule has 5 nitrogen and oxygen atoms in total. The van der Waals surface area contributed by atoms with Gasteiger partial charge in [0.15, 0.2) is 0 Å². The van der Waals surface area contributed by atoms with Gasteiger partial charge in [-0.2, -0.15) is 0 Å². The number of hydrogen-bond donors (Lipinski definition) is 3. The molecule has 0 spiro atoms. The Kier molecular flexibility index (Phi) is 9.88. The van der Waals surface area contributed by atoms with E-state index >= 15 is 0 Å². The summed E-state index contributed by atoms with van der Waals surface area (Å²) >= 11 is 5.77. The number of nitrogens with two attached hydrogens (primary N) is 1. The molecule has 0 aromatic heterocycles. The van der Waals surface area contributed by atoms with Gasteiger partial charge in [-0.3, -0.25) is 9.59 Å². The van der Waals surface area contributed by atoms with E-state index in [1.165, 1.54) is 0 Å². The summed E-state index contributed by atoms with van der Waals surface area (Å²) < 4.78 is 0. The zero-order chi connectivity index (χ0) is 16.6. The van der Waals surface area contributed by atoms with E-state index in [-0.39, 0.29) is 24.2 Å². The molecular formula is C16H25Cl2N3O2. The van der Waals surface area contributed by atoms with Gasteiger partial charge in [0, 0.05) is 30.2 Å². The van der Waals surface area contributed by atoms with E-state index < -0.39 is 5.41 Å². The van der Waals surface area contributed by atoms with Crippen LogP contribution >= 0.6 is 24.0 Å². The average Bonchev–Trinajstić information content (AvgIpc) is 2.54. The van der Waals surface area contributed by atoms with Gasteiger partial charge in [0.25, 0.3) is 5.91 Å². The molecule has 0 radical (unpaired) electrons. The molecular weight excluding hydrogens is 337 g/mol. The lowest BCUT2D eigenvalue weighted by Gasteiger charge is -2.28. The predicted octanol–water partition coefficient (Wildman–Crippen LogP) is 2.37. The number of rotatable bonds is 8. The maximum Gasteiger partial charge on any atom is 0.251 e. The Hall–Kier alpha value is -1.30. The molecule has 1 aromatic rings. The lowest BCUT2D eigenvalue weighted by atomic mass is 9.81. The van der Waals surface area contributed by atoms with Crippen LogP contribution in [0.1, 0.15) is 37.0 Å². The molecule has 0 heterocycles. The van der Waals surface area contributed by atoms with Gasteiger partial charge >= 0.3 is 0 Å². The van der Waals surface area contributed by atoms with E-state index in [4.69, 9.17) is 17.3 Å². The van der Waals surface area contributed by atoms with Gasteiger partial charge in [0.2, 0.25) is 5.91 Å². The number of benzene rings is 1. The Bertz CT molecular complexity index is 494. The lowest BCUT2D eigenvalue weighted by molar-refractivity contribution is -0.130. The molecule has 23 heavy (non-hydrogen) atoms. The number of carbonyl (C=O) groups is 2. The third-order valence-electron chi connectivity index (χ3n) is 4.03. The Labute approximate surface area is 148 Å². The monoisotopic (exact) mass is 361 g/mol. The second-order valence-corrected chi connectivity index (χ2v) is 5.65. The van der Waals surface area contributed by atoms with E-state index in [1.54, 1.807) is 24.3 Å². The maximum atomic E-state index is 12.2. The molecule has 0 saturated carbocycles. The molecule has 1 aromatic carbocycles. The quantitative estimate of drug-likeness (QED) is 0.621. The first-order valence-electron chi connectivity index (χ1n) is 7.51. The van der Waals surface area contributed by atoms with Crippen molar-refractivity contribution in [3.05, 3.63) is 34.9 Å². The van der Waals surface area contributed by atoms with Crippen molar-refractivity contribution in [2.45, 2.75) is 26.7 Å². The van der Waals surface area contributed by atoms with Crippen molar-refractivity contribution >= 4 is 35.8 Å². The summed E-state index contributed by atoms with van der Waals surface area (Å²) in [5.74, 6) is -0.247. The first kappa shape index (κ1) is 21.7. The molecule has 2 amide bonds. The first-order chi connectivity index (χ1) is 10.5. The van der Waals surface area contributed by atoms with Gasteiger partial charge < -0.3 is 16.4 Å². The zero-order valence-corrected chi connectivity index (χ0v) is 15.1. The third kappa shape index (κ3) is 6.01. The molecule has 0 saturated heterocycles. The average molecular weight is 362 g/mol. The summed E-state index contributed by atoms with van der Waals surface area (Å²) in [5, 5.41) is 6.17. The maximum absolute atomic E-state index is 12.2. The molecule has 0 bridgehead atoms. The predicted molar refractivity (Wildman–Crippen MR) is 96.1 cm³/mol. The summed E-state index contributed by atoms with van der Waals surface area (Å²) in [6.45, 7) is 4.97. The van der Waals surface area contributed by atoms with E-state index in [2.05, 4.69) is 10.6 Å². The molecule has 0 aliphatic rings. The smallest absolute Gasteiger partial charge is 0.251 e. The second-order valence-electron chi connectivity index (χ2n) is 5.21. The molecule has 0 atom stereocenters. The minimum atomic E-state index is -0.514. The Morgan fingerprint density at radius 1 is 1.09 bits per heavy atom. The van der Waals surface area contributed by atoms with Crippen LogP contribution in [0.15, 0.2) is 24.3 Å². The van der Waals surface area contributed by atoms with Crippen LogP contribution in [-0.2, 0) is 4.79 Å². The van der Waals surface area contributed by atoms with Crippen LogP contribution in [0.5, 0.6) is 0 Å². The Morgan fingerprint density at radius 2 is 1.61 bits per heavy atom. The van der Waals surface area contributed by atoms with Crippen LogP contribution in [0.2, 0.25) is 5.02 Å². The number of amides is 2. The van der Waals surface area contributed by atoms with Crippen molar-refractivity contribution in [3.63, 3.8) is 0 Å². The highest BCUT2D eigenvalue weighted by molar-refractivity contribution is 6.30. The highest BCUT2D eigenvalue weighted by Gasteiger charge is 2.32. The Morgan fingerprint density at radius 3 is 2.09 bits per heavy atom. The summed E-state index contributed by atoms with van der Waals surface area (Å²) in [4.78, 5) is 24.1. The van der Waals surface area contributed by atoms with Crippen LogP contribution < -0.4 is 16.4 Å². The van der Waals surface area contributed by atoms with Crippen LogP contribution in [0.3, 0.4) is 0 Å². The van der Waals surface area contributed by atoms with Crippen LogP contribution in [0, 0.1) is 5.41 Å². The molecule has 0 fully saturated rings. The summed E-state index contributed by atoms with van der Waals surface area (Å²) in [6, 6.07) is 6.64.